The molecule has 1 aromatic rings. The number of rotatable bonds is 8. The first-order valence-electron chi connectivity index (χ1n) is 8.55. The molecule has 8 nitrogen and oxygen atoms in total. The van der Waals surface area contributed by atoms with Crippen LogP contribution in [0.2, 0.25) is 0 Å². The molecule has 26 heavy (non-hydrogen) atoms. The van der Waals surface area contributed by atoms with Crippen LogP contribution in [0.25, 0.3) is 0 Å². The summed E-state index contributed by atoms with van der Waals surface area (Å²) >= 11 is 0. The van der Waals surface area contributed by atoms with Crippen LogP contribution in [0.3, 0.4) is 0 Å². The molecule has 0 aromatic heterocycles. The van der Waals surface area contributed by atoms with E-state index in [4.69, 9.17) is 4.74 Å². The first-order chi connectivity index (χ1) is 12.4. The Morgan fingerprint density at radius 1 is 1.31 bits per heavy atom. The summed E-state index contributed by atoms with van der Waals surface area (Å²) in [5.74, 6) is -1.40. The summed E-state index contributed by atoms with van der Waals surface area (Å²) in [5.41, 5.74) is 0.692. The molecule has 2 N–H and O–H groups in total. The molecule has 2 rings (SSSR count). The average molecular weight is 361 g/mol. The molecule has 1 aromatic carbocycles. The van der Waals surface area contributed by atoms with Crippen molar-refractivity contribution in [2.24, 2.45) is 0 Å². The molecule has 0 bridgehead atoms. The van der Waals surface area contributed by atoms with E-state index >= 15 is 0 Å². The molecule has 0 spiro atoms. The van der Waals surface area contributed by atoms with Crippen LogP contribution in [0.15, 0.2) is 24.3 Å². The summed E-state index contributed by atoms with van der Waals surface area (Å²) in [4.78, 5) is 48.5. The van der Waals surface area contributed by atoms with Gasteiger partial charge in [-0.2, -0.15) is 0 Å². The van der Waals surface area contributed by atoms with E-state index in [2.05, 4.69) is 10.6 Å². The number of esters is 1. The van der Waals surface area contributed by atoms with E-state index in [9.17, 15) is 19.2 Å². The van der Waals surface area contributed by atoms with Gasteiger partial charge in [0, 0.05) is 6.04 Å². The van der Waals surface area contributed by atoms with Crippen molar-refractivity contribution >= 4 is 23.8 Å². The van der Waals surface area contributed by atoms with Gasteiger partial charge in [-0.25, -0.2) is 9.59 Å². The van der Waals surface area contributed by atoms with Crippen LogP contribution in [-0.2, 0) is 20.9 Å². The number of hydrogen-bond acceptors (Lipinski definition) is 5. The lowest BCUT2D eigenvalue weighted by Crippen LogP contribution is -2.36. The fourth-order valence-electron chi connectivity index (χ4n) is 2.67. The Kier molecular flexibility index (Phi) is 6.71. The van der Waals surface area contributed by atoms with Crippen LogP contribution in [0.5, 0.6) is 0 Å². The maximum Gasteiger partial charge on any atom is 0.338 e. The van der Waals surface area contributed by atoms with E-state index in [0.717, 1.165) is 17.7 Å². The third kappa shape index (κ3) is 5.05. The molecule has 1 aliphatic heterocycles. The molecule has 1 unspecified atom stereocenters. The van der Waals surface area contributed by atoms with Gasteiger partial charge in [0.1, 0.15) is 0 Å². The fourth-order valence-corrected chi connectivity index (χ4v) is 2.67. The van der Waals surface area contributed by atoms with Crippen LogP contribution in [0.4, 0.5) is 4.79 Å². The number of amides is 4. The Hall–Kier alpha value is -2.90. The highest BCUT2D eigenvalue weighted by atomic mass is 16.5. The third-order valence-corrected chi connectivity index (χ3v) is 3.97. The number of ether oxygens (including phenoxy) is 1. The SMILES string of the molecule is CCCC(C)NC(=O)COC(=O)c1ccccc1CN1C(=O)CNC1=O. The minimum atomic E-state index is -0.675. The summed E-state index contributed by atoms with van der Waals surface area (Å²) in [6, 6.07) is 6.03. The molecule has 1 aliphatic rings. The molecular weight excluding hydrogens is 338 g/mol. The highest BCUT2D eigenvalue weighted by Gasteiger charge is 2.29. The maximum absolute atomic E-state index is 12.3. The first kappa shape index (κ1) is 19.4. The average Bonchev–Trinajstić information content (AvgIpc) is 2.92. The molecule has 0 saturated carbocycles. The Balaban J connectivity index is 1.98. The topological polar surface area (TPSA) is 105 Å². The summed E-state index contributed by atoms with van der Waals surface area (Å²) in [6.45, 7) is 3.43. The lowest BCUT2D eigenvalue weighted by Gasteiger charge is -2.16. The van der Waals surface area contributed by atoms with E-state index in [-0.39, 0.29) is 43.1 Å². The summed E-state index contributed by atoms with van der Waals surface area (Å²) in [7, 11) is 0. The van der Waals surface area contributed by atoms with Gasteiger partial charge >= 0.3 is 12.0 Å². The molecule has 1 atom stereocenters. The van der Waals surface area contributed by atoms with Gasteiger partial charge in [-0.1, -0.05) is 31.5 Å². The molecule has 8 heteroatoms. The zero-order valence-electron chi connectivity index (χ0n) is 14.9. The van der Waals surface area contributed by atoms with Crippen molar-refractivity contribution in [3.05, 3.63) is 35.4 Å². The van der Waals surface area contributed by atoms with Gasteiger partial charge in [-0.15, -0.1) is 0 Å². The van der Waals surface area contributed by atoms with Crippen LogP contribution >= 0.6 is 0 Å². The zero-order chi connectivity index (χ0) is 19.1. The van der Waals surface area contributed by atoms with E-state index in [0.29, 0.717) is 5.56 Å². The molecule has 4 amide bonds. The Bertz CT molecular complexity index is 688. The number of nitrogens with one attached hydrogen (secondary N) is 2. The first-order valence-corrected chi connectivity index (χ1v) is 8.55. The zero-order valence-corrected chi connectivity index (χ0v) is 14.9. The quantitative estimate of drug-likeness (QED) is 0.535. The molecule has 140 valence electrons. The summed E-state index contributed by atoms with van der Waals surface area (Å²) in [6.07, 6.45) is 1.78. The highest BCUT2D eigenvalue weighted by Crippen LogP contribution is 2.15. The number of benzene rings is 1. The highest BCUT2D eigenvalue weighted by molar-refractivity contribution is 6.02. The van der Waals surface area contributed by atoms with E-state index in [1.165, 1.54) is 6.07 Å². The third-order valence-electron chi connectivity index (χ3n) is 3.97. The van der Waals surface area contributed by atoms with Gasteiger partial charge in [0.15, 0.2) is 6.61 Å². The van der Waals surface area contributed by atoms with Crippen LogP contribution in [0, 0.1) is 0 Å². The van der Waals surface area contributed by atoms with Crippen molar-refractivity contribution in [2.75, 3.05) is 13.2 Å². The lowest BCUT2D eigenvalue weighted by atomic mass is 10.1. The standard InChI is InChI=1S/C18H23N3O5/c1-3-6-12(2)20-15(22)11-26-17(24)14-8-5-4-7-13(14)10-21-16(23)9-19-18(21)25/h4-5,7-8,12H,3,6,9-11H2,1-2H3,(H,19,25)(H,20,22). The maximum atomic E-state index is 12.3. The Morgan fingerprint density at radius 3 is 2.69 bits per heavy atom. The second kappa shape index (κ2) is 8.98. The summed E-state index contributed by atoms with van der Waals surface area (Å²) < 4.78 is 5.07. The van der Waals surface area contributed by atoms with E-state index in [1.54, 1.807) is 18.2 Å². The van der Waals surface area contributed by atoms with Crippen molar-refractivity contribution in [3.63, 3.8) is 0 Å². The number of hydrogen-bond donors (Lipinski definition) is 2. The number of imide groups is 1. The second-order valence-corrected chi connectivity index (χ2v) is 6.13. The number of urea groups is 1. The van der Waals surface area contributed by atoms with Crippen molar-refractivity contribution in [1.82, 2.24) is 15.5 Å². The van der Waals surface area contributed by atoms with Crippen molar-refractivity contribution in [1.29, 1.82) is 0 Å². The van der Waals surface area contributed by atoms with E-state index < -0.39 is 12.0 Å². The smallest absolute Gasteiger partial charge is 0.338 e. The number of carbonyl (C=O) groups excluding carboxylic acids is 4. The Labute approximate surface area is 151 Å². The van der Waals surface area contributed by atoms with Gasteiger partial charge in [-0.3, -0.25) is 14.5 Å². The van der Waals surface area contributed by atoms with Crippen LogP contribution < -0.4 is 10.6 Å². The molecule has 0 radical (unpaired) electrons. The predicted molar refractivity (Wildman–Crippen MR) is 93.2 cm³/mol. The summed E-state index contributed by atoms with van der Waals surface area (Å²) in [5, 5.41) is 5.18. The van der Waals surface area contributed by atoms with Gasteiger partial charge in [0.05, 0.1) is 18.7 Å². The minimum absolute atomic E-state index is 0.0122. The van der Waals surface area contributed by atoms with Crippen molar-refractivity contribution in [2.45, 2.75) is 39.3 Å². The molecular formula is C18H23N3O5. The van der Waals surface area contributed by atoms with Crippen LogP contribution in [-0.4, -0.2) is 47.9 Å². The predicted octanol–water partition coefficient (Wildman–Crippen LogP) is 1.20. The van der Waals surface area contributed by atoms with Gasteiger partial charge in [-0.05, 0) is 25.0 Å². The normalized spacial score (nSPS) is 14.8. The molecule has 1 fully saturated rings. The van der Waals surface area contributed by atoms with Gasteiger partial charge in [0.25, 0.3) is 5.91 Å². The largest absolute Gasteiger partial charge is 0.452 e. The molecule has 1 saturated heterocycles. The van der Waals surface area contributed by atoms with Gasteiger partial charge in [0.2, 0.25) is 5.91 Å². The number of carbonyl (C=O) groups is 4. The fraction of sp³-hybridized carbons (Fsp3) is 0.444. The minimum Gasteiger partial charge on any atom is -0.452 e. The van der Waals surface area contributed by atoms with Crippen molar-refractivity contribution < 1.29 is 23.9 Å². The monoisotopic (exact) mass is 361 g/mol. The number of nitrogens with zero attached hydrogens (tertiary/aromatic N) is 1. The second-order valence-electron chi connectivity index (χ2n) is 6.13. The Morgan fingerprint density at radius 2 is 2.04 bits per heavy atom. The van der Waals surface area contributed by atoms with E-state index in [1.807, 2.05) is 13.8 Å². The lowest BCUT2D eigenvalue weighted by molar-refractivity contribution is -0.125. The van der Waals surface area contributed by atoms with Gasteiger partial charge < -0.3 is 15.4 Å². The molecule has 0 aliphatic carbocycles. The van der Waals surface area contributed by atoms with Crippen molar-refractivity contribution in [3.8, 4) is 0 Å². The molecule has 1 heterocycles. The van der Waals surface area contributed by atoms with Crippen LogP contribution in [0.1, 0.15) is 42.6 Å².